The number of esters is 2. The van der Waals surface area contributed by atoms with Crippen LogP contribution in [-0.4, -0.2) is 54.7 Å². The number of amides is 1. The Morgan fingerprint density at radius 3 is 2.20 bits per heavy atom. The van der Waals surface area contributed by atoms with Crippen LogP contribution in [0.5, 0.6) is 0 Å². The van der Waals surface area contributed by atoms with Crippen LogP contribution in [0.25, 0.3) is 10.4 Å². The summed E-state index contributed by atoms with van der Waals surface area (Å²) in [5.74, 6) is -2.04. The Morgan fingerprint density at radius 2 is 1.59 bits per heavy atom. The summed E-state index contributed by atoms with van der Waals surface area (Å²) in [5.41, 5.74) is 1.45. The fraction of sp³-hybridized carbons (Fsp3) is 0.296. The van der Waals surface area contributed by atoms with Gasteiger partial charge in [0, 0.05) is 16.8 Å². The zero-order valence-electron chi connectivity index (χ0n) is 23.0. The van der Waals surface area contributed by atoms with Crippen molar-refractivity contribution in [1.29, 1.82) is 0 Å². The largest absolute Gasteiger partial charge is 0.462 e. The smallest absolute Gasteiger partial charge is 0.361 e. The molecule has 0 aliphatic rings. The highest BCUT2D eigenvalue weighted by atomic mass is 32.2. The van der Waals surface area contributed by atoms with Crippen molar-refractivity contribution in [2.45, 2.75) is 20.8 Å². The van der Waals surface area contributed by atoms with Crippen LogP contribution in [0.2, 0.25) is 0 Å². The molecule has 3 aromatic rings. The quantitative estimate of drug-likeness (QED) is 0.188. The number of rotatable bonds is 14. The van der Waals surface area contributed by atoms with Crippen molar-refractivity contribution in [3.63, 3.8) is 0 Å². The van der Waals surface area contributed by atoms with E-state index < -0.39 is 43.0 Å². The van der Waals surface area contributed by atoms with Crippen LogP contribution in [0, 0.1) is 0 Å². The van der Waals surface area contributed by atoms with E-state index in [1.54, 1.807) is 63.2 Å². The third kappa shape index (κ3) is 8.82. The Morgan fingerprint density at radius 1 is 0.902 bits per heavy atom. The fourth-order valence-corrected chi connectivity index (χ4v) is 6.67. The van der Waals surface area contributed by atoms with E-state index >= 15 is 0 Å². The molecule has 11 nitrogen and oxygen atoms in total. The maximum absolute atomic E-state index is 13.1. The summed E-state index contributed by atoms with van der Waals surface area (Å²) in [6, 6.07) is 14.5. The summed E-state index contributed by atoms with van der Waals surface area (Å²) in [5, 5.41) is 3.23. The molecule has 0 saturated carbocycles. The summed E-state index contributed by atoms with van der Waals surface area (Å²) in [6.07, 6.45) is 1.45. The zero-order valence-corrected chi connectivity index (χ0v) is 25.5. The molecule has 1 unspecified atom stereocenters. The minimum absolute atomic E-state index is 0.132. The van der Waals surface area contributed by atoms with Crippen LogP contribution in [-0.2, 0) is 38.9 Å². The van der Waals surface area contributed by atoms with Crippen molar-refractivity contribution in [2.75, 3.05) is 42.7 Å². The molecule has 1 aromatic heterocycles. The first kappa shape index (κ1) is 32.2. The Balaban J connectivity index is 1.76. The molecule has 0 fully saturated rings. The molecule has 0 bridgehead atoms. The average Bonchev–Trinajstić information content (AvgIpc) is 3.36. The highest BCUT2D eigenvalue weighted by Crippen LogP contribution is 2.47. The van der Waals surface area contributed by atoms with Gasteiger partial charge in [0.05, 0.1) is 36.3 Å². The second-order valence-corrected chi connectivity index (χ2v) is 12.4. The Hall–Kier alpha value is -3.35. The van der Waals surface area contributed by atoms with Crippen LogP contribution >= 0.6 is 18.9 Å². The maximum Gasteiger partial charge on any atom is 0.361 e. The first-order valence-corrected chi connectivity index (χ1v) is 16.5. The summed E-state index contributed by atoms with van der Waals surface area (Å²) < 4.78 is 48.2. The van der Waals surface area contributed by atoms with Crippen LogP contribution in [0.3, 0.4) is 0 Å². The maximum atomic E-state index is 13.1. The molecular weight excluding hydrogens is 591 g/mol. The Kier molecular flexibility index (Phi) is 11.8. The lowest BCUT2D eigenvalue weighted by Gasteiger charge is -2.17. The molecule has 2 N–H and O–H groups in total. The standard InChI is InChI=1S/C27H31N2O9PS2/c1-5-35-27(32)22-16-23(18-11-13-21(14-12-18)39(33,37-6-2)38-7-3)40-25(22)28-24(30)17-36-26(31)19-9-8-10-20(15-19)29-41(4)34/h8-16,29H,5-7,17H2,1-4H3,(H,28,30). The van der Waals surface area contributed by atoms with E-state index in [4.69, 9.17) is 18.5 Å². The molecule has 2 aromatic carbocycles. The van der Waals surface area contributed by atoms with E-state index in [-0.39, 0.29) is 35.9 Å². The highest BCUT2D eigenvalue weighted by Gasteiger charge is 2.27. The summed E-state index contributed by atoms with van der Waals surface area (Å²) >= 11 is 1.13. The third-order valence-corrected chi connectivity index (χ3v) is 8.99. The van der Waals surface area contributed by atoms with Crippen molar-refractivity contribution in [3.05, 3.63) is 65.7 Å². The second kappa shape index (κ2) is 15.0. The predicted molar refractivity (Wildman–Crippen MR) is 159 cm³/mol. The number of nitrogens with one attached hydrogen (secondary N) is 2. The third-order valence-electron chi connectivity index (χ3n) is 5.24. The van der Waals surface area contributed by atoms with Crippen molar-refractivity contribution in [1.82, 2.24) is 0 Å². The molecule has 0 saturated heterocycles. The summed E-state index contributed by atoms with van der Waals surface area (Å²) in [7, 11) is -4.79. The second-order valence-electron chi connectivity index (χ2n) is 8.22. The number of hydrogen-bond acceptors (Lipinski definition) is 10. The van der Waals surface area contributed by atoms with E-state index in [1.165, 1.54) is 18.4 Å². The van der Waals surface area contributed by atoms with Crippen molar-refractivity contribution in [2.24, 2.45) is 0 Å². The SMILES string of the molecule is CCOC(=O)c1cc(-c2ccc(P(=O)(OCC)OCC)cc2)sc1NC(=O)COC(=O)c1cccc(NS(C)=O)c1. The van der Waals surface area contributed by atoms with E-state index in [1.807, 2.05) is 0 Å². The predicted octanol–water partition coefficient (Wildman–Crippen LogP) is 4.98. The van der Waals surface area contributed by atoms with Gasteiger partial charge in [0.2, 0.25) is 0 Å². The summed E-state index contributed by atoms with van der Waals surface area (Å²) in [4.78, 5) is 38.4. The number of hydrogen-bond donors (Lipinski definition) is 2. The molecule has 0 aliphatic heterocycles. The molecule has 14 heteroatoms. The molecule has 1 amide bonds. The van der Waals surface area contributed by atoms with E-state index in [9.17, 15) is 23.2 Å². The number of carbonyl (C=O) groups excluding carboxylic acids is 3. The van der Waals surface area contributed by atoms with E-state index in [0.29, 0.717) is 21.4 Å². The van der Waals surface area contributed by atoms with Gasteiger partial charge in [-0.2, -0.15) is 0 Å². The lowest BCUT2D eigenvalue weighted by Crippen LogP contribution is -2.21. The number of thiophene rings is 1. The summed E-state index contributed by atoms with van der Waals surface area (Å²) in [6.45, 7) is 5.08. The van der Waals surface area contributed by atoms with Crippen molar-refractivity contribution in [3.8, 4) is 10.4 Å². The van der Waals surface area contributed by atoms with Crippen LogP contribution in [0.1, 0.15) is 41.5 Å². The molecule has 3 rings (SSSR count). The zero-order chi connectivity index (χ0) is 30.0. The van der Waals surface area contributed by atoms with Crippen LogP contribution in [0.4, 0.5) is 10.7 Å². The van der Waals surface area contributed by atoms with Crippen molar-refractivity contribution < 1.29 is 41.7 Å². The van der Waals surface area contributed by atoms with Gasteiger partial charge >= 0.3 is 19.5 Å². The number of carbonyl (C=O) groups is 3. The van der Waals surface area contributed by atoms with Gasteiger partial charge in [0.15, 0.2) is 6.61 Å². The van der Waals surface area contributed by atoms with Gasteiger partial charge in [-0.05, 0) is 62.7 Å². The lowest BCUT2D eigenvalue weighted by atomic mass is 10.1. The molecule has 1 heterocycles. The van der Waals surface area contributed by atoms with Gasteiger partial charge in [-0.15, -0.1) is 11.3 Å². The first-order chi connectivity index (χ1) is 19.6. The van der Waals surface area contributed by atoms with Crippen molar-refractivity contribution >= 4 is 63.8 Å². The lowest BCUT2D eigenvalue weighted by molar-refractivity contribution is -0.119. The molecule has 1 atom stereocenters. The molecule has 41 heavy (non-hydrogen) atoms. The van der Waals surface area contributed by atoms with E-state index in [2.05, 4.69) is 10.0 Å². The topological polar surface area (TPSA) is 146 Å². The fourth-order valence-electron chi connectivity index (χ4n) is 3.57. The van der Waals surface area contributed by atoms with E-state index in [0.717, 1.165) is 11.3 Å². The molecule has 220 valence electrons. The molecule has 0 radical (unpaired) electrons. The van der Waals surface area contributed by atoms with Crippen LogP contribution < -0.4 is 15.3 Å². The van der Waals surface area contributed by atoms with Gasteiger partial charge in [0.1, 0.15) is 16.0 Å². The minimum atomic E-state index is -3.46. The average molecular weight is 623 g/mol. The van der Waals surface area contributed by atoms with Gasteiger partial charge in [0.25, 0.3) is 5.91 Å². The molecule has 0 spiro atoms. The number of ether oxygens (including phenoxy) is 2. The highest BCUT2D eigenvalue weighted by molar-refractivity contribution is 7.85. The van der Waals surface area contributed by atoms with Gasteiger partial charge in [-0.3, -0.25) is 9.36 Å². The van der Waals surface area contributed by atoms with Gasteiger partial charge in [-0.25, -0.2) is 13.8 Å². The number of anilines is 2. The van der Waals surface area contributed by atoms with Gasteiger partial charge < -0.3 is 28.6 Å². The molecule has 0 aliphatic carbocycles. The monoisotopic (exact) mass is 622 g/mol. The minimum Gasteiger partial charge on any atom is -0.462 e. The Bertz CT molecular complexity index is 1450. The molecular formula is C27H31N2O9PS2. The normalized spacial score (nSPS) is 11.9. The first-order valence-electron chi connectivity index (χ1n) is 12.6. The Labute approximate surface area is 244 Å². The van der Waals surface area contributed by atoms with Gasteiger partial charge in [-0.1, -0.05) is 18.2 Å². The number of benzene rings is 2. The van der Waals surface area contributed by atoms with Crippen LogP contribution in [0.15, 0.2) is 54.6 Å².